The third kappa shape index (κ3) is 2.47. The lowest BCUT2D eigenvalue weighted by molar-refractivity contribution is -0.133. The molecule has 1 aliphatic heterocycles. The number of Topliss-reactive ketones (excluding diaryl/α,β-unsaturated/α-hetero) is 1. The van der Waals surface area contributed by atoms with E-state index < -0.39 is 0 Å². The van der Waals surface area contributed by atoms with Crippen molar-refractivity contribution in [2.45, 2.75) is 37.6 Å². The fourth-order valence-corrected chi connectivity index (χ4v) is 3.47. The maximum Gasteiger partial charge on any atom is 0.157 e. The minimum absolute atomic E-state index is 0.235. The molecule has 1 aromatic heterocycles. The summed E-state index contributed by atoms with van der Waals surface area (Å²) in [6, 6.07) is 1.89. The number of ether oxygens (including phenoxy) is 1. The van der Waals surface area contributed by atoms with E-state index in [4.69, 9.17) is 9.15 Å². The van der Waals surface area contributed by atoms with Gasteiger partial charge >= 0.3 is 0 Å². The molecule has 2 aliphatic rings. The molecule has 4 heteroatoms. The first kappa shape index (κ1) is 12.9. The monoisotopic (exact) mass is 263 g/mol. The number of morpholine rings is 1. The number of ketones is 1. The van der Waals surface area contributed by atoms with Crippen LogP contribution in [-0.2, 0) is 16.0 Å². The molecule has 2 heterocycles. The van der Waals surface area contributed by atoms with Crippen LogP contribution in [0.2, 0.25) is 0 Å². The van der Waals surface area contributed by atoms with Gasteiger partial charge in [0, 0.05) is 19.5 Å². The molecule has 1 aromatic rings. The van der Waals surface area contributed by atoms with Crippen molar-refractivity contribution in [3.05, 3.63) is 24.2 Å². The van der Waals surface area contributed by atoms with E-state index in [1.54, 1.807) is 12.5 Å². The summed E-state index contributed by atoms with van der Waals surface area (Å²) in [5.41, 5.74) is 0.755. The Labute approximate surface area is 113 Å². The molecule has 104 valence electrons. The van der Waals surface area contributed by atoms with Crippen molar-refractivity contribution in [2.75, 3.05) is 26.3 Å². The highest BCUT2D eigenvalue weighted by Crippen LogP contribution is 2.37. The molecular formula is C15H21NO3. The summed E-state index contributed by atoms with van der Waals surface area (Å²) >= 11 is 0. The normalized spacial score (nSPS) is 23.6. The van der Waals surface area contributed by atoms with Gasteiger partial charge in [-0.1, -0.05) is 12.8 Å². The minimum Gasteiger partial charge on any atom is -0.472 e. The van der Waals surface area contributed by atoms with E-state index in [1.807, 2.05) is 6.07 Å². The highest BCUT2D eigenvalue weighted by atomic mass is 16.5. The first-order valence-corrected chi connectivity index (χ1v) is 7.18. The molecule has 1 saturated carbocycles. The second kappa shape index (κ2) is 5.47. The van der Waals surface area contributed by atoms with Crippen molar-refractivity contribution in [3.8, 4) is 0 Å². The molecule has 0 radical (unpaired) electrons. The van der Waals surface area contributed by atoms with Gasteiger partial charge in [-0.3, -0.25) is 9.69 Å². The SMILES string of the molecule is O=C(Cc1ccoc1)C1(N2CCOCC2)CCCC1. The molecule has 2 fully saturated rings. The zero-order valence-corrected chi connectivity index (χ0v) is 11.3. The number of hydrogen-bond acceptors (Lipinski definition) is 4. The maximum absolute atomic E-state index is 12.8. The number of carbonyl (C=O) groups excluding carboxylic acids is 1. The van der Waals surface area contributed by atoms with Gasteiger partial charge in [-0.15, -0.1) is 0 Å². The predicted octanol–water partition coefficient (Wildman–Crippen LogP) is 2.04. The molecule has 0 N–H and O–H groups in total. The number of furan rings is 1. The topological polar surface area (TPSA) is 42.7 Å². The summed E-state index contributed by atoms with van der Waals surface area (Å²) in [6.45, 7) is 3.27. The Hall–Kier alpha value is -1.13. The van der Waals surface area contributed by atoms with Crippen LogP contribution >= 0.6 is 0 Å². The first-order valence-electron chi connectivity index (χ1n) is 7.18. The molecule has 0 aromatic carbocycles. The van der Waals surface area contributed by atoms with E-state index in [-0.39, 0.29) is 5.54 Å². The Kier molecular flexibility index (Phi) is 3.71. The molecule has 0 amide bonds. The third-order valence-corrected chi connectivity index (χ3v) is 4.51. The second-order valence-corrected chi connectivity index (χ2v) is 5.57. The van der Waals surface area contributed by atoms with Crippen molar-refractivity contribution >= 4 is 5.78 Å². The van der Waals surface area contributed by atoms with Crippen LogP contribution in [0.15, 0.2) is 23.0 Å². The van der Waals surface area contributed by atoms with E-state index in [0.29, 0.717) is 12.2 Å². The number of carbonyl (C=O) groups is 1. The number of hydrogen-bond donors (Lipinski definition) is 0. The zero-order chi connectivity index (χ0) is 13.1. The van der Waals surface area contributed by atoms with Gasteiger partial charge in [0.2, 0.25) is 0 Å². The zero-order valence-electron chi connectivity index (χ0n) is 11.3. The summed E-state index contributed by atoms with van der Waals surface area (Å²) in [5.74, 6) is 0.355. The second-order valence-electron chi connectivity index (χ2n) is 5.57. The lowest BCUT2D eigenvalue weighted by Gasteiger charge is -2.42. The van der Waals surface area contributed by atoms with Gasteiger partial charge in [-0.05, 0) is 24.5 Å². The van der Waals surface area contributed by atoms with Crippen molar-refractivity contribution in [1.29, 1.82) is 0 Å². The van der Waals surface area contributed by atoms with E-state index in [1.165, 1.54) is 0 Å². The Morgan fingerprint density at radius 2 is 2.00 bits per heavy atom. The molecule has 0 unspecified atom stereocenters. The minimum atomic E-state index is -0.235. The summed E-state index contributed by atoms with van der Waals surface area (Å²) < 4.78 is 10.5. The van der Waals surface area contributed by atoms with Gasteiger partial charge in [0.1, 0.15) is 0 Å². The maximum atomic E-state index is 12.8. The first-order chi connectivity index (χ1) is 9.31. The fraction of sp³-hybridized carbons (Fsp3) is 0.667. The van der Waals surface area contributed by atoms with Crippen LogP contribution in [0.4, 0.5) is 0 Å². The predicted molar refractivity (Wildman–Crippen MR) is 71.0 cm³/mol. The Balaban J connectivity index is 1.77. The molecule has 4 nitrogen and oxygen atoms in total. The molecule has 0 bridgehead atoms. The van der Waals surface area contributed by atoms with Gasteiger partial charge in [-0.25, -0.2) is 0 Å². The standard InChI is InChI=1S/C15H21NO3/c17-14(11-13-3-8-19-12-13)15(4-1-2-5-15)16-6-9-18-10-7-16/h3,8,12H,1-2,4-7,9-11H2. The fourth-order valence-electron chi connectivity index (χ4n) is 3.47. The molecule has 1 saturated heterocycles. The van der Waals surface area contributed by atoms with Gasteiger partial charge in [-0.2, -0.15) is 0 Å². The van der Waals surface area contributed by atoms with Gasteiger partial charge in [0.25, 0.3) is 0 Å². The van der Waals surface area contributed by atoms with Crippen molar-refractivity contribution in [2.24, 2.45) is 0 Å². The largest absolute Gasteiger partial charge is 0.472 e. The quantitative estimate of drug-likeness (QED) is 0.833. The third-order valence-electron chi connectivity index (χ3n) is 4.51. The van der Waals surface area contributed by atoms with Crippen LogP contribution in [0, 0.1) is 0 Å². The highest BCUT2D eigenvalue weighted by Gasteiger charge is 2.45. The highest BCUT2D eigenvalue weighted by molar-refractivity contribution is 5.90. The van der Waals surface area contributed by atoms with E-state index in [9.17, 15) is 4.79 Å². The van der Waals surface area contributed by atoms with E-state index in [2.05, 4.69) is 4.90 Å². The molecule has 19 heavy (non-hydrogen) atoms. The van der Waals surface area contributed by atoms with Crippen LogP contribution in [0.1, 0.15) is 31.2 Å². The molecule has 0 spiro atoms. The van der Waals surface area contributed by atoms with Crippen molar-refractivity contribution in [3.63, 3.8) is 0 Å². The molecule has 1 aliphatic carbocycles. The summed E-state index contributed by atoms with van der Waals surface area (Å²) in [6.07, 6.45) is 8.14. The Morgan fingerprint density at radius 3 is 2.63 bits per heavy atom. The molecule has 3 rings (SSSR count). The molecular weight excluding hydrogens is 242 g/mol. The van der Waals surface area contributed by atoms with Crippen LogP contribution in [0.5, 0.6) is 0 Å². The lowest BCUT2D eigenvalue weighted by atomic mass is 9.86. The van der Waals surface area contributed by atoms with Crippen LogP contribution in [0.25, 0.3) is 0 Å². The average molecular weight is 263 g/mol. The Bertz CT molecular complexity index is 415. The van der Waals surface area contributed by atoms with Crippen molar-refractivity contribution in [1.82, 2.24) is 4.90 Å². The van der Waals surface area contributed by atoms with E-state index in [0.717, 1.165) is 57.6 Å². The smallest absolute Gasteiger partial charge is 0.157 e. The summed E-state index contributed by atoms with van der Waals surface area (Å²) in [4.78, 5) is 15.2. The van der Waals surface area contributed by atoms with Crippen LogP contribution < -0.4 is 0 Å². The Morgan fingerprint density at radius 1 is 1.26 bits per heavy atom. The van der Waals surface area contributed by atoms with E-state index >= 15 is 0 Å². The van der Waals surface area contributed by atoms with Crippen LogP contribution in [-0.4, -0.2) is 42.5 Å². The lowest BCUT2D eigenvalue weighted by Crippen LogP contribution is -2.57. The molecule has 0 atom stereocenters. The van der Waals surface area contributed by atoms with Gasteiger partial charge in [0.15, 0.2) is 5.78 Å². The number of rotatable bonds is 4. The number of nitrogens with zero attached hydrogens (tertiary/aromatic N) is 1. The van der Waals surface area contributed by atoms with Crippen LogP contribution in [0.3, 0.4) is 0 Å². The summed E-state index contributed by atoms with van der Waals surface area (Å²) in [5, 5.41) is 0. The van der Waals surface area contributed by atoms with Gasteiger partial charge in [0.05, 0.1) is 31.3 Å². The average Bonchev–Trinajstić information content (AvgIpc) is 3.11. The van der Waals surface area contributed by atoms with Crippen molar-refractivity contribution < 1.29 is 13.9 Å². The summed E-state index contributed by atoms with van der Waals surface area (Å²) in [7, 11) is 0. The van der Waals surface area contributed by atoms with Gasteiger partial charge < -0.3 is 9.15 Å².